The van der Waals surface area contributed by atoms with Crippen molar-refractivity contribution in [2.45, 2.75) is 42.2 Å². The fourth-order valence-corrected chi connectivity index (χ4v) is 6.50. The fourth-order valence-electron chi connectivity index (χ4n) is 3.86. The van der Waals surface area contributed by atoms with E-state index in [0.717, 1.165) is 43.0 Å². The van der Waals surface area contributed by atoms with Crippen molar-refractivity contribution < 1.29 is 8.42 Å². The van der Waals surface area contributed by atoms with Crippen LogP contribution in [-0.2, 0) is 29.9 Å². The second kappa shape index (κ2) is 7.37. The van der Waals surface area contributed by atoms with Crippen LogP contribution in [0.25, 0.3) is 0 Å². The van der Waals surface area contributed by atoms with E-state index >= 15 is 0 Å². The number of hydrogen-bond donors (Lipinski definition) is 0. The molecule has 0 radical (unpaired) electrons. The largest absolute Gasteiger partial charge is 0.329 e. The lowest BCUT2D eigenvalue weighted by Gasteiger charge is -2.31. The Kier molecular flexibility index (Phi) is 5.12. The summed E-state index contributed by atoms with van der Waals surface area (Å²) in [7, 11) is -1.36. The zero-order chi connectivity index (χ0) is 18.1. The van der Waals surface area contributed by atoms with Crippen LogP contribution in [0.5, 0.6) is 0 Å². The van der Waals surface area contributed by atoms with Crippen molar-refractivity contribution in [3.05, 3.63) is 41.7 Å². The van der Waals surface area contributed by atoms with E-state index in [2.05, 4.69) is 4.98 Å². The van der Waals surface area contributed by atoms with Crippen LogP contribution in [0, 0.1) is 5.92 Å². The Morgan fingerprint density at radius 1 is 1.19 bits per heavy atom. The van der Waals surface area contributed by atoms with Gasteiger partial charge in [-0.2, -0.15) is 4.31 Å². The topological polar surface area (TPSA) is 55.2 Å². The molecule has 2 heterocycles. The van der Waals surface area contributed by atoms with Crippen molar-refractivity contribution in [1.29, 1.82) is 0 Å². The number of rotatable bonds is 5. The molecule has 5 nitrogen and oxygen atoms in total. The highest BCUT2D eigenvalue weighted by atomic mass is 32.2. The number of aryl methyl sites for hydroxylation is 3. The van der Waals surface area contributed by atoms with Crippen LogP contribution in [-0.4, -0.2) is 41.1 Å². The lowest BCUT2D eigenvalue weighted by molar-refractivity contribution is 0.291. The highest BCUT2D eigenvalue weighted by molar-refractivity contribution is 7.99. The summed E-state index contributed by atoms with van der Waals surface area (Å²) < 4.78 is 29.7. The summed E-state index contributed by atoms with van der Waals surface area (Å²) in [6.45, 7) is 1.23. The maximum absolute atomic E-state index is 13.0. The van der Waals surface area contributed by atoms with Gasteiger partial charge in [-0.25, -0.2) is 13.4 Å². The molecule has 4 rings (SSSR count). The zero-order valence-electron chi connectivity index (χ0n) is 15.1. The Hall–Kier alpha value is -1.31. The first-order valence-electron chi connectivity index (χ1n) is 9.26. The predicted molar refractivity (Wildman–Crippen MR) is 104 cm³/mol. The standard InChI is InChI=1S/C19H25N3O2S2/c1-21-12-9-20-19(21)25-14-15-7-10-22(11-8-15)26(23,24)18-6-5-16-3-2-4-17(16)13-18/h5-6,9,12-13,15H,2-4,7-8,10-11,14H2,1H3. The number of sulfonamides is 1. The molecule has 1 aromatic heterocycles. The molecule has 0 atom stereocenters. The third kappa shape index (κ3) is 3.57. The molecule has 1 fully saturated rings. The highest BCUT2D eigenvalue weighted by Gasteiger charge is 2.30. The first-order chi connectivity index (χ1) is 12.5. The van der Waals surface area contributed by atoms with Crippen LogP contribution >= 0.6 is 11.8 Å². The van der Waals surface area contributed by atoms with Crippen molar-refractivity contribution in [2.75, 3.05) is 18.8 Å². The van der Waals surface area contributed by atoms with Crippen LogP contribution in [0.3, 0.4) is 0 Å². The van der Waals surface area contributed by atoms with Gasteiger partial charge in [0, 0.05) is 38.3 Å². The van der Waals surface area contributed by atoms with Crippen molar-refractivity contribution in [2.24, 2.45) is 13.0 Å². The average Bonchev–Trinajstić information content (AvgIpc) is 3.28. The fraction of sp³-hybridized carbons (Fsp3) is 0.526. The van der Waals surface area contributed by atoms with Crippen molar-refractivity contribution in [3.8, 4) is 0 Å². The molecule has 1 saturated heterocycles. The molecular formula is C19H25N3O2S2. The van der Waals surface area contributed by atoms with Crippen molar-refractivity contribution >= 4 is 21.8 Å². The SMILES string of the molecule is Cn1ccnc1SCC1CCN(S(=O)(=O)c2ccc3c(c2)CCC3)CC1. The Balaban J connectivity index is 1.37. The normalized spacial score (nSPS) is 19.0. The number of thioether (sulfide) groups is 1. The number of fused-ring (bicyclic) bond motifs is 1. The third-order valence-electron chi connectivity index (χ3n) is 5.51. The minimum absolute atomic E-state index is 0.471. The van der Waals surface area contributed by atoms with Crippen LogP contribution in [0.1, 0.15) is 30.4 Å². The number of nitrogens with zero attached hydrogens (tertiary/aromatic N) is 3. The molecule has 2 aliphatic rings. The Morgan fingerprint density at radius 3 is 2.69 bits per heavy atom. The van der Waals surface area contributed by atoms with E-state index in [-0.39, 0.29) is 0 Å². The van der Waals surface area contributed by atoms with Gasteiger partial charge in [0.2, 0.25) is 10.0 Å². The number of aromatic nitrogens is 2. The van der Waals surface area contributed by atoms with E-state index in [9.17, 15) is 8.42 Å². The van der Waals surface area contributed by atoms with Crippen LogP contribution in [0.4, 0.5) is 0 Å². The predicted octanol–water partition coefficient (Wildman–Crippen LogP) is 3.10. The number of piperidine rings is 1. The third-order valence-corrected chi connectivity index (χ3v) is 8.69. The van der Waals surface area contributed by atoms with Crippen LogP contribution in [0.15, 0.2) is 40.6 Å². The summed E-state index contributed by atoms with van der Waals surface area (Å²) in [5, 5.41) is 1.03. The number of hydrogen-bond acceptors (Lipinski definition) is 4. The second-order valence-electron chi connectivity index (χ2n) is 7.26. The van der Waals surface area contributed by atoms with Gasteiger partial charge in [0.05, 0.1) is 4.90 Å². The molecule has 0 bridgehead atoms. The molecule has 140 valence electrons. The second-order valence-corrected chi connectivity index (χ2v) is 10.2. The zero-order valence-corrected chi connectivity index (χ0v) is 16.7. The average molecular weight is 392 g/mol. The van der Waals surface area contributed by atoms with Gasteiger partial charge in [-0.15, -0.1) is 0 Å². The van der Waals surface area contributed by atoms with Gasteiger partial charge in [0.15, 0.2) is 5.16 Å². The quantitative estimate of drug-likeness (QED) is 0.735. The van der Waals surface area contributed by atoms with Gasteiger partial charge in [0.1, 0.15) is 0 Å². The first-order valence-corrected chi connectivity index (χ1v) is 11.7. The molecule has 0 N–H and O–H groups in total. The molecule has 2 aromatic rings. The number of imidazole rings is 1. The molecule has 1 aliphatic carbocycles. The van der Waals surface area contributed by atoms with Crippen LogP contribution < -0.4 is 0 Å². The smallest absolute Gasteiger partial charge is 0.243 e. The Bertz CT molecular complexity index is 884. The highest BCUT2D eigenvalue weighted by Crippen LogP contribution is 2.30. The van der Waals surface area contributed by atoms with Gasteiger partial charge in [-0.1, -0.05) is 17.8 Å². The summed E-state index contributed by atoms with van der Waals surface area (Å²) >= 11 is 1.76. The molecule has 7 heteroatoms. The van der Waals surface area contributed by atoms with E-state index in [1.807, 2.05) is 36.1 Å². The molecule has 0 saturated carbocycles. The Labute approximate surface area is 159 Å². The monoisotopic (exact) mass is 391 g/mol. The maximum atomic E-state index is 13.0. The molecule has 1 aromatic carbocycles. The molecule has 0 spiro atoms. The van der Waals surface area contributed by atoms with Gasteiger partial charge in [-0.05, 0) is 61.3 Å². The molecule has 1 aliphatic heterocycles. The van der Waals surface area contributed by atoms with E-state index in [1.54, 1.807) is 22.1 Å². The maximum Gasteiger partial charge on any atom is 0.243 e. The molecule has 0 unspecified atom stereocenters. The molecule has 26 heavy (non-hydrogen) atoms. The summed E-state index contributed by atoms with van der Waals surface area (Å²) in [6.07, 6.45) is 8.82. The van der Waals surface area contributed by atoms with E-state index < -0.39 is 10.0 Å². The summed E-state index contributed by atoms with van der Waals surface area (Å²) in [5.41, 5.74) is 2.53. The van der Waals surface area contributed by atoms with Gasteiger partial charge < -0.3 is 4.57 Å². The van der Waals surface area contributed by atoms with Gasteiger partial charge >= 0.3 is 0 Å². The van der Waals surface area contributed by atoms with E-state index in [1.165, 1.54) is 11.1 Å². The first kappa shape index (κ1) is 18.1. The minimum Gasteiger partial charge on any atom is -0.329 e. The molecular weight excluding hydrogens is 366 g/mol. The summed E-state index contributed by atoms with van der Waals surface area (Å²) in [5.74, 6) is 1.54. The number of benzene rings is 1. The Morgan fingerprint density at radius 2 is 1.96 bits per heavy atom. The van der Waals surface area contributed by atoms with Crippen LogP contribution in [0.2, 0.25) is 0 Å². The summed E-state index contributed by atoms with van der Waals surface area (Å²) in [4.78, 5) is 4.81. The summed E-state index contributed by atoms with van der Waals surface area (Å²) in [6, 6.07) is 5.70. The van der Waals surface area contributed by atoms with Gasteiger partial charge in [0.25, 0.3) is 0 Å². The molecule has 0 amide bonds. The van der Waals surface area contributed by atoms with E-state index in [0.29, 0.717) is 23.9 Å². The van der Waals surface area contributed by atoms with E-state index in [4.69, 9.17) is 0 Å². The lowest BCUT2D eigenvalue weighted by Crippen LogP contribution is -2.39. The van der Waals surface area contributed by atoms with Gasteiger partial charge in [-0.3, -0.25) is 0 Å². The van der Waals surface area contributed by atoms with Crippen molar-refractivity contribution in [3.63, 3.8) is 0 Å². The lowest BCUT2D eigenvalue weighted by atomic mass is 10.0. The minimum atomic E-state index is -3.36. The van der Waals surface area contributed by atoms with Crippen molar-refractivity contribution in [1.82, 2.24) is 13.9 Å².